The first-order valence-corrected chi connectivity index (χ1v) is 12.0. The molecule has 0 radical (unpaired) electrons. The average Bonchev–Trinajstić information content (AvgIpc) is 2.82. The Hall–Kier alpha value is -3.18. The maximum absolute atomic E-state index is 13.6. The molecule has 1 N–H and O–H groups in total. The Labute approximate surface area is 190 Å². The van der Waals surface area contributed by atoms with Crippen molar-refractivity contribution < 1.29 is 31.9 Å². The number of anilines is 1. The monoisotopic (exact) mass is 475 g/mol. The van der Waals surface area contributed by atoms with Crippen LogP contribution in [-0.2, 0) is 19.6 Å². The molecular weight excluding hydrogens is 453 g/mol. The highest BCUT2D eigenvalue weighted by molar-refractivity contribution is 7.89. The van der Waals surface area contributed by atoms with Crippen molar-refractivity contribution in [2.75, 3.05) is 44.7 Å². The van der Waals surface area contributed by atoms with E-state index in [1.54, 1.807) is 11.0 Å². The molecule has 3 heterocycles. The zero-order valence-electron chi connectivity index (χ0n) is 17.6. The Morgan fingerprint density at radius 1 is 1.00 bits per heavy atom. The Kier molecular flexibility index (Phi) is 5.45. The van der Waals surface area contributed by atoms with Gasteiger partial charge in [-0.25, -0.2) is 12.8 Å². The summed E-state index contributed by atoms with van der Waals surface area (Å²) in [5, 5.41) is 2.60. The Morgan fingerprint density at radius 3 is 2.48 bits per heavy atom. The molecule has 2 aromatic rings. The summed E-state index contributed by atoms with van der Waals surface area (Å²) in [5.74, 6) is -0.954. The van der Waals surface area contributed by atoms with E-state index in [1.807, 2.05) is 0 Å². The number of ether oxygens (including phenoxy) is 2. The predicted molar refractivity (Wildman–Crippen MR) is 115 cm³/mol. The Morgan fingerprint density at radius 2 is 1.73 bits per heavy atom. The number of sulfonamides is 1. The molecule has 1 unspecified atom stereocenters. The second kappa shape index (κ2) is 8.31. The number of hydrogen-bond acceptors (Lipinski definition) is 6. The molecule has 2 aromatic carbocycles. The van der Waals surface area contributed by atoms with Gasteiger partial charge in [0.2, 0.25) is 21.8 Å². The van der Waals surface area contributed by atoms with Gasteiger partial charge in [-0.3, -0.25) is 9.59 Å². The molecule has 11 heteroatoms. The zero-order valence-corrected chi connectivity index (χ0v) is 18.4. The van der Waals surface area contributed by atoms with Crippen molar-refractivity contribution in [2.24, 2.45) is 0 Å². The van der Waals surface area contributed by atoms with Gasteiger partial charge in [0.05, 0.1) is 10.8 Å². The van der Waals surface area contributed by atoms with Crippen LogP contribution >= 0.6 is 0 Å². The van der Waals surface area contributed by atoms with Crippen molar-refractivity contribution in [3.63, 3.8) is 0 Å². The van der Waals surface area contributed by atoms with E-state index in [9.17, 15) is 22.4 Å². The van der Waals surface area contributed by atoms with Crippen molar-refractivity contribution in [1.82, 2.24) is 9.21 Å². The molecule has 0 aliphatic carbocycles. The van der Waals surface area contributed by atoms with Gasteiger partial charge in [0.1, 0.15) is 19.0 Å². The fraction of sp³-hybridized carbons (Fsp3) is 0.364. The first kappa shape index (κ1) is 21.7. The highest BCUT2D eigenvalue weighted by Gasteiger charge is 2.37. The fourth-order valence-corrected chi connectivity index (χ4v) is 5.80. The molecule has 1 fully saturated rings. The van der Waals surface area contributed by atoms with E-state index in [4.69, 9.17) is 9.47 Å². The molecule has 33 heavy (non-hydrogen) atoms. The van der Waals surface area contributed by atoms with Gasteiger partial charge >= 0.3 is 0 Å². The quantitative estimate of drug-likeness (QED) is 0.722. The van der Waals surface area contributed by atoms with Gasteiger partial charge in [0.25, 0.3) is 0 Å². The third-order valence-electron chi connectivity index (χ3n) is 6.05. The summed E-state index contributed by atoms with van der Waals surface area (Å²) in [6.45, 7) is 1.40. The number of hydrogen-bond donors (Lipinski definition) is 1. The summed E-state index contributed by atoms with van der Waals surface area (Å²) in [6.07, 6.45) is -0.0345. The molecule has 3 aliphatic heterocycles. The summed E-state index contributed by atoms with van der Waals surface area (Å²) in [4.78, 5) is 26.9. The van der Waals surface area contributed by atoms with E-state index in [2.05, 4.69) is 5.32 Å². The van der Waals surface area contributed by atoms with E-state index in [-0.39, 0.29) is 49.3 Å². The number of carbonyl (C=O) groups excluding carboxylic acids is 2. The van der Waals surface area contributed by atoms with Gasteiger partial charge in [0, 0.05) is 44.4 Å². The molecule has 5 rings (SSSR count). The summed E-state index contributed by atoms with van der Waals surface area (Å²) < 4.78 is 52.1. The molecule has 0 spiro atoms. The average molecular weight is 475 g/mol. The lowest BCUT2D eigenvalue weighted by atomic mass is 9.89. The molecule has 174 valence electrons. The number of nitrogens with zero attached hydrogens (tertiary/aromatic N) is 2. The minimum absolute atomic E-state index is 0.0345. The number of carbonyl (C=O) groups is 2. The number of amides is 2. The van der Waals surface area contributed by atoms with E-state index in [1.165, 1.54) is 34.6 Å². The standard InChI is InChI=1S/C22H22FN3O6S/c23-14-1-3-16-17(13-21(27)24-18(16)11-14)22(28)25-5-7-26(8-6-25)33(29,30)15-2-4-19-20(12-15)32-10-9-31-19/h1-4,11-12,17H,5-10,13H2,(H,24,27). The second-order valence-corrected chi connectivity index (χ2v) is 10.0. The minimum Gasteiger partial charge on any atom is -0.486 e. The highest BCUT2D eigenvalue weighted by atomic mass is 32.2. The molecule has 2 amide bonds. The number of rotatable bonds is 3. The summed E-state index contributed by atoms with van der Waals surface area (Å²) in [5.41, 5.74) is 0.858. The number of fused-ring (bicyclic) bond motifs is 2. The van der Waals surface area contributed by atoms with Crippen LogP contribution < -0.4 is 14.8 Å². The lowest BCUT2D eigenvalue weighted by molar-refractivity contribution is -0.136. The molecule has 0 bridgehead atoms. The van der Waals surface area contributed by atoms with Crippen molar-refractivity contribution in [3.05, 3.63) is 47.8 Å². The topological polar surface area (TPSA) is 105 Å². The van der Waals surface area contributed by atoms with Crippen molar-refractivity contribution >= 4 is 27.5 Å². The van der Waals surface area contributed by atoms with E-state index in [0.29, 0.717) is 36.0 Å². The molecule has 0 aromatic heterocycles. The van der Waals surface area contributed by atoms with Gasteiger partial charge < -0.3 is 19.7 Å². The van der Waals surface area contributed by atoms with Crippen LogP contribution in [-0.4, -0.2) is 68.8 Å². The van der Waals surface area contributed by atoms with Crippen LogP contribution in [0.3, 0.4) is 0 Å². The SMILES string of the molecule is O=C1CC(C(=O)N2CCN(S(=O)(=O)c3ccc4c(c3)OCCO4)CC2)c2ccc(F)cc2N1. The Bertz CT molecular complexity index is 1230. The highest BCUT2D eigenvalue weighted by Crippen LogP contribution is 2.35. The van der Waals surface area contributed by atoms with E-state index >= 15 is 0 Å². The van der Waals surface area contributed by atoms with Crippen LogP contribution in [0.1, 0.15) is 17.9 Å². The van der Waals surface area contributed by atoms with Gasteiger partial charge in [-0.1, -0.05) is 6.07 Å². The van der Waals surface area contributed by atoms with Gasteiger partial charge in [-0.05, 0) is 29.8 Å². The van der Waals surface area contributed by atoms with Crippen LogP contribution in [0.25, 0.3) is 0 Å². The largest absolute Gasteiger partial charge is 0.486 e. The summed E-state index contributed by atoms with van der Waals surface area (Å²) in [6, 6.07) is 8.49. The van der Waals surface area contributed by atoms with Gasteiger partial charge in [0.15, 0.2) is 11.5 Å². The third kappa shape index (κ3) is 4.02. The predicted octanol–water partition coefficient (Wildman–Crippen LogP) is 1.56. The number of piperazine rings is 1. The van der Waals surface area contributed by atoms with Gasteiger partial charge in [-0.2, -0.15) is 4.31 Å². The molecule has 0 saturated carbocycles. The number of halogens is 1. The molecular formula is C22H22FN3O6S. The summed E-state index contributed by atoms with van der Waals surface area (Å²) in [7, 11) is -3.78. The lowest BCUT2D eigenvalue weighted by Gasteiger charge is -2.37. The second-order valence-electron chi connectivity index (χ2n) is 8.07. The number of benzene rings is 2. The third-order valence-corrected chi connectivity index (χ3v) is 7.95. The summed E-state index contributed by atoms with van der Waals surface area (Å²) >= 11 is 0. The normalized spacial score (nSPS) is 20.7. The smallest absolute Gasteiger partial charge is 0.243 e. The fourth-order valence-electron chi connectivity index (χ4n) is 4.36. The van der Waals surface area contributed by atoms with E-state index in [0.717, 1.165) is 0 Å². The van der Waals surface area contributed by atoms with Crippen molar-refractivity contribution in [2.45, 2.75) is 17.2 Å². The Balaban J connectivity index is 1.29. The first-order valence-electron chi connectivity index (χ1n) is 10.6. The zero-order chi connectivity index (χ0) is 23.2. The van der Waals surface area contributed by atoms with Gasteiger partial charge in [-0.15, -0.1) is 0 Å². The lowest BCUT2D eigenvalue weighted by Crippen LogP contribution is -2.52. The van der Waals surface area contributed by atoms with Crippen molar-refractivity contribution in [1.29, 1.82) is 0 Å². The first-order chi connectivity index (χ1) is 15.8. The molecule has 1 atom stereocenters. The van der Waals surface area contributed by atoms with Crippen LogP contribution in [0.2, 0.25) is 0 Å². The molecule has 9 nitrogen and oxygen atoms in total. The molecule has 3 aliphatic rings. The van der Waals surface area contributed by atoms with Crippen LogP contribution in [0.15, 0.2) is 41.3 Å². The maximum atomic E-state index is 13.6. The number of nitrogens with one attached hydrogen (secondary N) is 1. The van der Waals surface area contributed by atoms with Crippen LogP contribution in [0, 0.1) is 5.82 Å². The molecule has 1 saturated heterocycles. The van der Waals surface area contributed by atoms with Crippen molar-refractivity contribution in [3.8, 4) is 11.5 Å². The minimum atomic E-state index is -3.78. The van der Waals surface area contributed by atoms with Crippen LogP contribution in [0.4, 0.5) is 10.1 Å². The maximum Gasteiger partial charge on any atom is 0.243 e. The van der Waals surface area contributed by atoms with Crippen LogP contribution in [0.5, 0.6) is 11.5 Å². The van der Waals surface area contributed by atoms with E-state index < -0.39 is 21.8 Å².